The molecule has 29 heavy (non-hydrogen) atoms. The molecule has 0 bridgehead atoms. The van der Waals surface area contributed by atoms with Crippen molar-refractivity contribution in [2.45, 2.75) is 33.2 Å². The van der Waals surface area contributed by atoms with Crippen LogP contribution in [0.3, 0.4) is 0 Å². The van der Waals surface area contributed by atoms with Crippen LogP contribution in [0.2, 0.25) is 0 Å². The first-order valence-electron chi connectivity index (χ1n) is 9.94. The first-order chi connectivity index (χ1) is 13.8. The van der Waals surface area contributed by atoms with Gasteiger partial charge in [0.25, 0.3) is 5.91 Å². The van der Waals surface area contributed by atoms with Crippen LogP contribution in [0.5, 0.6) is 0 Å². The maximum atomic E-state index is 12.8. The van der Waals surface area contributed by atoms with E-state index in [1.54, 1.807) is 6.20 Å². The zero-order valence-corrected chi connectivity index (χ0v) is 17.8. The minimum Gasteiger partial charge on any atom is -0.318 e. The fraction of sp³-hybridized carbons (Fsp3) is 0.409. The van der Waals surface area contributed by atoms with Gasteiger partial charge in [0.2, 0.25) is 0 Å². The molecular weight excluding hydrogens is 364 g/mol. The Morgan fingerprint density at radius 3 is 2.62 bits per heavy atom. The summed E-state index contributed by atoms with van der Waals surface area (Å²) in [5, 5.41) is 14.6. The molecule has 0 saturated heterocycles. The molecule has 0 radical (unpaired) electrons. The number of hydrogen-bond donors (Lipinski definition) is 2. The molecule has 2 aromatic heterocycles. The zero-order valence-electron chi connectivity index (χ0n) is 17.8. The first-order valence-corrected chi connectivity index (χ1v) is 9.94. The lowest BCUT2D eigenvalue weighted by molar-refractivity contribution is 0.102. The Hall–Kier alpha value is -2.93. The highest BCUT2D eigenvalue weighted by molar-refractivity contribution is 6.03. The van der Waals surface area contributed by atoms with Crippen molar-refractivity contribution in [2.75, 3.05) is 26.0 Å². The van der Waals surface area contributed by atoms with Crippen LogP contribution in [0.1, 0.15) is 47.2 Å². The van der Waals surface area contributed by atoms with Crippen molar-refractivity contribution < 1.29 is 4.79 Å². The summed E-state index contributed by atoms with van der Waals surface area (Å²) in [6.45, 7) is 7.01. The summed E-state index contributed by atoms with van der Waals surface area (Å²) in [6.07, 6.45) is 4.37. The van der Waals surface area contributed by atoms with Crippen LogP contribution in [-0.4, -0.2) is 51.4 Å². The zero-order chi connectivity index (χ0) is 21.0. The maximum Gasteiger partial charge on any atom is 0.276 e. The average Bonchev–Trinajstić information content (AvgIpc) is 3.27. The number of amides is 1. The Balaban J connectivity index is 1.80. The number of aromatic amines is 1. The number of H-pyrrole nitrogens is 1. The van der Waals surface area contributed by atoms with Crippen molar-refractivity contribution in [3.63, 3.8) is 0 Å². The molecule has 1 amide bonds. The highest BCUT2D eigenvalue weighted by atomic mass is 16.2. The lowest BCUT2D eigenvalue weighted by Gasteiger charge is -2.22. The normalized spacial score (nSPS) is 12.5. The number of nitrogens with one attached hydrogen (secondary N) is 2. The number of carbonyl (C=O) groups is 1. The van der Waals surface area contributed by atoms with E-state index >= 15 is 0 Å². The van der Waals surface area contributed by atoms with Gasteiger partial charge in [-0.05, 0) is 38.9 Å². The molecule has 0 aliphatic rings. The second-order valence-electron chi connectivity index (χ2n) is 8.13. The second kappa shape index (κ2) is 9.05. The third-order valence-electron chi connectivity index (χ3n) is 4.80. The molecule has 3 aromatic rings. The van der Waals surface area contributed by atoms with Crippen molar-refractivity contribution in [3.8, 4) is 0 Å². The summed E-state index contributed by atoms with van der Waals surface area (Å²) < 4.78 is 1.90. The molecule has 2 N–H and O–H groups in total. The van der Waals surface area contributed by atoms with Gasteiger partial charge in [-0.25, -0.2) is 0 Å². The van der Waals surface area contributed by atoms with Crippen LogP contribution >= 0.6 is 0 Å². The van der Waals surface area contributed by atoms with Gasteiger partial charge in [-0.3, -0.25) is 14.6 Å². The number of rotatable bonds is 8. The predicted octanol–water partition coefficient (Wildman–Crippen LogP) is 3.52. The molecule has 2 heterocycles. The maximum absolute atomic E-state index is 12.8. The van der Waals surface area contributed by atoms with Crippen molar-refractivity contribution in [1.29, 1.82) is 0 Å². The number of nitrogens with zero attached hydrogens (tertiary/aromatic N) is 4. The van der Waals surface area contributed by atoms with Crippen LogP contribution in [-0.2, 0) is 6.42 Å². The summed E-state index contributed by atoms with van der Waals surface area (Å²) >= 11 is 0. The quantitative estimate of drug-likeness (QED) is 0.613. The van der Waals surface area contributed by atoms with E-state index in [4.69, 9.17) is 0 Å². The van der Waals surface area contributed by atoms with Crippen molar-refractivity contribution in [1.82, 2.24) is 24.9 Å². The number of benzene rings is 1. The number of carbonyl (C=O) groups excluding carboxylic acids is 1. The third-order valence-corrected chi connectivity index (χ3v) is 4.80. The highest BCUT2D eigenvalue weighted by Gasteiger charge is 2.20. The van der Waals surface area contributed by atoms with E-state index in [0.29, 0.717) is 17.3 Å². The summed E-state index contributed by atoms with van der Waals surface area (Å²) in [5.41, 5.74) is 4.20. The number of anilines is 1. The van der Waals surface area contributed by atoms with E-state index in [1.807, 2.05) is 50.1 Å². The van der Waals surface area contributed by atoms with Gasteiger partial charge < -0.3 is 10.2 Å². The van der Waals surface area contributed by atoms with Crippen molar-refractivity contribution in [3.05, 3.63) is 65.2 Å². The highest BCUT2D eigenvalue weighted by Crippen LogP contribution is 2.21. The van der Waals surface area contributed by atoms with E-state index < -0.39 is 0 Å². The number of hydrogen-bond acceptors (Lipinski definition) is 4. The average molecular weight is 395 g/mol. The van der Waals surface area contributed by atoms with Gasteiger partial charge in [-0.1, -0.05) is 44.2 Å². The van der Waals surface area contributed by atoms with E-state index in [0.717, 1.165) is 24.2 Å². The Morgan fingerprint density at radius 1 is 1.24 bits per heavy atom. The second-order valence-corrected chi connectivity index (χ2v) is 8.13. The van der Waals surface area contributed by atoms with Crippen molar-refractivity contribution in [2.24, 2.45) is 5.92 Å². The van der Waals surface area contributed by atoms with E-state index in [2.05, 4.69) is 51.5 Å². The largest absolute Gasteiger partial charge is 0.318 e. The first kappa shape index (κ1) is 20.8. The molecule has 0 aliphatic carbocycles. The topological polar surface area (TPSA) is 78.8 Å². The fourth-order valence-corrected chi connectivity index (χ4v) is 3.42. The van der Waals surface area contributed by atoms with Gasteiger partial charge in [-0.2, -0.15) is 10.2 Å². The molecule has 7 nitrogen and oxygen atoms in total. The Kier molecular flexibility index (Phi) is 6.49. The fourth-order valence-electron chi connectivity index (χ4n) is 3.42. The molecule has 0 fully saturated rings. The van der Waals surface area contributed by atoms with E-state index in [1.165, 1.54) is 5.56 Å². The summed E-state index contributed by atoms with van der Waals surface area (Å²) in [5.74, 6) is 0.228. The van der Waals surface area contributed by atoms with Crippen LogP contribution in [0, 0.1) is 12.8 Å². The van der Waals surface area contributed by atoms with E-state index in [9.17, 15) is 4.79 Å². The van der Waals surface area contributed by atoms with Gasteiger partial charge in [0, 0.05) is 24.0 Å². The minimum atomic E-state index is -0.214. The monoisotopic (exact) mass is 394 g/mol. The molecule has 3 rings (SSSR count). The molecule has 7 heteroatoms. The van der Waals surface area contributed by atoms with E-state index in [-0.39, 0.29) is 11.9 Å². The van der Waals surface area contributed by atoms with Crippen LogP contribution in [0.4, 0.5) is 5.69 Å². The lowest BCUT2D eigenvalue weighted by Crippen LogP contribution is -2.25. The van der Waals surface area contributed by atoms with Gasteiger partial charge in [0.1, 0.15) is 0 Å². The molecule has 0 spiro atoms. The Labute approximate surface area is 172 Å². The van der Waals surface area contributed by atoms with Crippen LogP contribution in [0.15, 0.2) is 42.7 Å². The summed E-state index contributed by atoms with van der Waals surface area (Å²) in [4.78, 5) is 14.9. The number of aromatic nitrogens is 4. The van der Waals surface area contributed by atoms with Crippen LogP contribution < -0.4 is 5.32 Å². The third kappa shape index (κ3) is 5.12. The smallest absolute Gasteiger partial charge is 0.276 e. The van der Waals surface area contributed by atoms with Crippen LogP contribution in [0.25, 0.3) is 0 Å². The molecule has 1 atom stereocenters. The molecule has 154 valence electrons. The molecule has 0 aliphatic heterocycles. The lowest BCUT2D eigenvalue weighted by atomic mass is 10.0. The van der Waals surface area contributed by atoms with Crippen molar-refractivity contribution >= 4 is 11.6 Å². The Morgan fingerprint density at radius 2 is 1.97 bits per heavy atom. The standard InChI is InChI=1S/C22H30N6O/c1-15(2)11-19-16(3)25-26-21(19)22(29)24-18-12-23-28(13-18)20(14-27(4)5)17-9-7-6-8-10-17/h6-10,12-13,15,20H,11,14H2,1-5H3,(H,24,29)(H,25,26). The molecule has 1 unspecified atom stereocenters. The van der Waals surface area contributed by atoms with Gasteiger partial charge in [0.15, 0.2) is 5.69 Å². The molecular formula is C22H30N6O. The van der Waals surface area contributed by atoms with Gasteiger partial charge in [-0.15, -0.1) is 0 Å². The van der Waals surface area contributed by atoms with Gasteiger partial charge in [0.05, 0.1) is 17.9 Å². The van der Waals surface area contributed by atoms with Gasteiger partial charge >= 0.3 is 0 Å². The summed E-state index contributed by atoms with van der Waals surface area (Å²) in [7, 11) is 4.08. The minimum absolute atomic E-state index is 0.0565. The number of likely N-dealkylation sites (N-methyl/N-ethyl adjacent to an activating group) is 1. The SMILES string of the molecule is Cc1[nH]nc(C(=O)Nc2cnn(C(CN(C)C)c3ccccc3)c2)c1CC(C)C. The molecule has 0 saturated carbocycles. The molecule has 1 aromatic carbocycles. The predicted molar refractivity (Wildman–Crippen MR) is 115 cm³/mol. The summed E-state index contributed by atoms with van der Waals surface area (Å²) in [6, 6.07) is 10.3. The Bertz CT molecular complexity index is 941. The number of aryl methyl sites for hydroxylation is 1.